The highest BCUT2D eigenvalue weighted by Gasteiger charge is 2.43. The zero-order valence-electron chi connectivity index (χ0n) is 24.8. The molecule has 1 aliphatic rings. The second kappa shape index (κ2) is 10.9. The number of ether oxygens (including phenoxy) is 2. The Morgan fingerprint density at radius 3 is 1.34 bits per heavy atom. The van der Waals surface area contributed by atoms with Crippen LogP contribution in [-0.4, -0.2) is 12.2 Å². The third-order valence-electron chi connectivity index (χ3n) is 8.29. The molecule has 0 heterocycles. The van der Waals surface area contributed by atoms with E-state index in [2.05, 4.69) is 26.0 Å². The van der Waals surface area contributed by atoms with Crippen LogP contribution >= 0.6 is 0 Å². The van der Waals surface area contributed by atoms with Crippen LogP contribution in [0.2, 0.25) is 0 Å². The van der Waals surface area contributed by atoms with Gasteiger partial charge in [0.05, 0.1) is 23.3 Å². The van der Waals surface area contributed by atoms with Crippen LogP contribution < -0.4 is 31.2 Å². The Labute approximate surface area is 240 Å². The molecule has 0 bridgehead atoms. The van der Waals surface area contributed by atoms with Crippen LogP contribution in [0.4, 0.5) is 0 Å². The van der Waals surface area contributed by atoms with E-state index in [1.54, 1.807) is 0 Å². The summed E-state index contributed by atoms with van der Waals surface area (Å²) in [5, 5.41) is 0. The summed E-state index contributed by atoms with van der Waals surface area (Å²) in [4.78, 5) is 50.2. The van der Waals surface area contributed by atoms with Gasteiger partial charge in [0.2, 0.25) is 10.9 Å². The van der Waals surface area contributed by atoms with Gasteiger partial charge in [0.25, 0.3) is 10.9 Å². The van der Waals surface area contributed by atoms with E-state index < -0.39 is 21.7 Å². The zero-order valence-corrected chi connectivity index (χ0v) is 24.8. The van der Waals surface area contributed by atoms with Crippen LogP contribution in [-0.2, 0) is 5.41 Å². The van der Waals surface area contributed by atoms with Gasteiger partial charge in [-0.05, 0) is 86.1 Å². The van der Waals surface area contributed by atoms with E-state index in [1.807, 2.05) is 52.0 Å². The maximum absolute atomic E-state index is 12.7. The molecule has 6 nitrogen and oxygen atoms in total. The normalized spacial score (nSPS) is 13.8. The molecule has 4 aromatic carbocycles. The molecule has 0 amide bonds. The number of hydrogen-bond acceptors (Lipinski definition) is 6. The van der Waals surface area contributed by atoms with Gasteiger partial charge in [0.15, 0.2) is 11.5 Å². The van der Waals surface area contributed by atoms with Crippen molar-refractivity contribution in [3.63, 3.8) is 0 Å². The molecule has 0 aromatic heterocycles. The number of fused-ring (bicyclic) bond motifs is 3. The molecule has 0 spiro atoms. The number of hydrogen-bond donors (Lipinski definition) is 0. The van der Waals surface area contributed by atoms with Gasteiger partial charge in [0.1, 0.15) is 0 Å². The number of rotatable bonds is 12. The Balaban J connectivity index is 1.71. The zero-order chi connectivity index (χ0) is 29.6. The van der Waals surface area contributed by atoms with Crippen molar-refractivity contribution in [2.45, 2.75) is 97.7 Å². The number of benzene rings is 2. The maximum atomic E-state index is 12.7. The third kappa shape index (κ3) is 4.58. The van der Waals surface area contributed by atoms with Crippen molar-refractivity contribution in [2.24, 2.45) is 0 Å². The second-order valence-corrected chi connectivity index (χ2v) is 11.9. The molecule has 0 aliphatic heterocycles. The summed E-state index contributed by atoms with van der Waals surface area (Å²) in [5.41, 5.74) is 4.05. The molecular formula is C35H38O6. The Morgan fingerprint density at radius 2 is 1.00 bits per heavy atom. The van der Waals surface area contributed by atoms with Gasteiger partial charge in [-0.15, -0.1) is 0 Å². The summed E-state index contributed by atoms with van der Waals surface area (Å²) in [6, 6.07) is 12.1. The molecule has 0 saturated heterocycles. The average Bonchev–Trinajstić information content (AvgIpc) is 3.22. The second-order valence-electron chi connectivity index (χ2n) is 11.9. The van der Waals surface area contributed by atoms with Crippen LogP contribution in [0.15, 0.2) is 55.6 Å². The first-order valence-electron chi connectivity index (χ1n) is 14.9. The Hall–Kier alpha value is -3.80. The van der Waals surface area contributed by atoms with Gasteiger partial charge < -0.3 is 9.47 Å². The van der Waals surface area contributed by atoms with Crippen molar-refractivity contribution in [2.75, 3.05) is 0 Å². The molecular weight excluding hydrogens is 516 g/mol. The molecule has 4 aromatic rings. The average molecular weight is 555 g/mol. The molecule has 1 aliphatic carbocycles. The monoisotopic (exact) mass is 554 g/mol. The fourth-order valence-electron chi connectivity index (χ4n) is 6.39. The predicted molar refractivity (Wildman–Crippen MR) is 164 cm³/mol. The van der Waals surface area contributed by atoms with Crippen molar-refractivity contribution < 1.29 is 9.47 Å². The SMILES string of the molecule is CCCCC1(CCCC)c2cc(-c3c(OC(C)C)c(=O)c3=O)ccc2-c2ccc(-c3c(OC(C)C)c(=O)c3=O)cc21. The Morgan fingerprint density at radius 1 is 0.610 bits per heavy atom. The summed E-state index contributed by atoms with van der Waals surface area (Å²) in [7, 11) is 0. The lowest BCUT2D eigenvalue weighted by Crippen LogP contribution is -2.36. The highest BCUT2D eigenvalue weighted by molar-refractivity contribution is 5.88. The first-order valence-corrected chi connectivity index (χ1v) is 14.9. The highest BCUT2D eigenvalue weighted by atomic mass is 16.5. The molecule has 0 N–H and O–H groups in total. The lowest BCUT2D eigenvalue weighted by atomic mass is 9.70. The minimum atomic E-state index is -0.572. The van der Waals surface area contributed by atoms with Crippen LogP contribution in [0, 0.1) is 0 Å². The fraction of sp³-hybridized carbons (Fsp3) is 0.429. The van der Waals surface area contributed by atoms with Crippen LogP contribution in [0.25, 0.3) is 33.4 Å². The third-order valence-corrected chi connectivity index (χ3v) is 8.29. The van der Waals surface area contributed by atoms with Gasteiger partial charge >= 0.3 is 0 Å². The van der Waals surface area contributed by atoms with Crippen molar-refractivity contribution in [3.05, 3.63) is 88.4 Å². The van der Waals surface area contributed by atoms with E-state index in [1.165, 1.54) is 0 Å². The quantitative estimate of drug-likeness (QED) is 0.188. The van der Waals surface area contributed by atoms with Gasteiger partial charge in [-0.2, -0.15) is 0 Å². The first kappa shape index (κ1) is 28.7. The molecule has 0 unspecified atom stereocenters. The van der Waals surface area contributed by atoms with Crippen LogP contribution in [0.3, 0.4) is 0 Å². The number of unbranched alkanes of at least 4 members (excludes halogenated alkanes) is 2. The lowest BCUT2D eigenvalue weighted by molar-refractivity contribution is 0.238. The highest BCUT2D eigenvalue weighted by Crippen LogP contribution is 2.55. The summed E-state index contributed by atoms with van der Waals surface area (Å²) in [6.07, 6.45) is 5.41. The minimum absolute atomic E-state index is 0.147. The largest absolute Gasteiger partial charge is 0.486 e. The molecule has 0 radical (unpaired) electrons. The molecule has 0 fully saturated rings. The molecule has 214 valence electrons. The molecule has 6 heteroatoms. The van der Waals surface area contributed by atoms with Crippen LogP contribution in [0.1, 0.15) is 91.2 Å². The summed E-state index contributed by atoms with van der Waals surface area (Å²) in [6.45, 7) is 11.7. The van der Waals surface area contributed by atoms with Crippen molar-refractivity contribution in [1.29, 1.82) is 0 Å². The van der Waals surface area contributed by atoms with E-state index in [0.717, 1.165) is 60.8 Å². The Bertz CT molecular complexity index is 1620. The van der Waals surface area contributed by atoms with Gasteiger partial charge in [-0.1, -0.05) is 63.8 Å². The van der Waals surface area contributed by atoms with Gasteiger partial charge in [0, 0.05) is 5.41 Å². The van der Waals surface area contributed by atoms with Crippen molar-refractivity contribution in [1.82, 2.24) is 0 Å². The summed E-state index contributed by atoms with van der Waals surface area (Å²) >= 11 is 0. The molecule has 41 heavy (non-hydrogen) atoms. The van der Waals surface area contributed by atoms with Crippen LogP contribution in [0.5, 0.6) is 11.5 Å². The first-order chi connectivity index (χ1) is 19.5. The Kier molecular flexibility index (Phi) is 7.62. The van der Waals surface area contributed by atoms with Gasteiger partial charge in [-0.3, -0.25) is 19.2 Å². The van der Waals surface area contributed by atoms with E-state index in [9.17, 15) is 19.2 Å². The standard InChI is InChI=1S/C35H38O6/c1-7-9-15-35(16-10-8-2)25-17-21(27-29(36)31(38)33(27)40-19(3)4)11-13-23(25)24-14-12-22(18-26(24)35)28-30(37)32(39)34(28)41-20(5)6/h11-14,17-20H,7-10,15-16H2,1-6H3. The molecule has 0 atom stereocenters. The fourth-order valence-corrected chi connectivity index (χ4v) is 6.39. The topological polar surface area (TPSA) is 86.7 Å². The van der Waals surface area contributed by atoms with E-state index in [0.29, 0.717) is 22.3 Å². The molecule has 5 rings (SSSR count). The van der Waals surface area contributed by atoms with E-state index >= 15 is 0 Å². The summed E-state index contributed by atoms with van der Waals surface area (Å²) < 4.78 is 11.5. The maximum Gasteiger partial charge on any atom is 0.268 e. The predicted octanol–water partition coefficient (Wildman–Crippen LogP) is 6.43. The molecule has 0 saturated carbocycles. The summed E-state index contributed by atoms with van der Waals surface area (Å²) in [5.74, 6) is 0.293. The van der Waals surface area contributed by atoms with E-state index in [-0.39, 0.29) is 29.1 Å². The van der Waals surface area contributed by atoms with E-state index in [4.69, 9.17) is 9.47 Å². The van der Waals surface area contributed by atoms with Crippen molar-refractivity contribution in [3.8, 4) is 44.9 Å². The lowest BCUT2D eigenvalue weighted by Gasteiger charge is -2.33. The van der Waals surface area contributed by atoms with Gasteiger partial charge in [-0.25, -0.2) is 0 Å². The smallest absolute Gasteiger partial charge is 0.268 e. The van der Waals surface area contributed by atoms with Crippen molar-refractivity contribution >= 4 is 0 Å². The minimum Gasteiger partial charge on any atom is -0.486 e.